The SMILES string of the molecule is CSc1ccc2c(c1SC)CNCC2.Cl. The fraction of sp³-hybridized carbons (Fsp3) is 0.455. The molecule has 1 aliphatic heterocycles. The van der Waals surface area contributed by atoms with Gasteiger partial charge in [-0.15, -0.1) is 35.9 Å². The average Bonchev–Trinajstić information content (AvgIpc) is 2.27. The zero-order chi connectivity index (χ0) is 9.97. The van der Waals surface area contributed by atoms with Crippen LogP contribution in [0.15, 0.2) is 21.9 Å². The highest BCUT2D eigenvalue weighted by Crippen LogP contribution is 2.34. The maximum Gasteiger partial charge on any atom is 0.0253 e. The summed E-state index contributed by atoms with van der Waals surface area (Å²) in [5, 5.41) is 3.44. The average molecular weight is 262 g/mol. The van der Waals surface area contributed by atoms with Crippen molar-refractivity contribution in [3.63, 3.8) is 0 Å². The summed E-state index contributed by atoms with van der Waals surface area (Å²) in [7, 11) is 0. The first kappa shape index (κ1) is 13.2. The Morgan fingerprint density at radius 3 is 2.67 bits per heavy atom. The van der Waals surface area contributed by atoms with Gasteiger partial charge in [-0.25, -0.2) is 0 Å². The molecule has 1 aliphatic rings. The lowest BCUT2D eigenvalue weighted by Crippen LogP contribution is -2.24. The highest BCUT2D eigenvalue weighted by Gasteiger charge is 2.14. The number of thioether (sulfide) groups is 2. The molecule has 2 rings (SSSR count). The molecule has 84 valence electrons. The normalized spacial score (nSPS) is 14.3. The zero-order valence-corrected chi connectivity index (χ0v) is 11.5. The Labute approximate surface area is 106 Å². The lowest BCUT2D eigenvalue weighted by atomic mass is 10.0. The van der Waals surface area contributed by atoms with E-state index in [4.69, 9.17) is 0 Å². The molecule has 0 saturated heterocycles. The first-order chi connectivity index (χ1) is 6.86. The fourth-order valence-corrected chi connectivity index (χ4v) is 3.63. The monoisotopic (exact) mass is 261 g/mol. The third-order valence-corrected chi connectivity index (χ3v) is 4.40. The molecule has 0 aliphatic carbocycles. The summed E-state index contributed by atoms with van der Waals surface area (Å²) in [6, 6.07) is 4.56. The van der Waals surface area contributed by atoms with Gasteiger partial charge in [0.25, 0.3) is 0 Å². The fourth-order valence-electron chi connectivity index (χ4n) is 1.90. The van der Waals surface area contributed by atoms with Crippen LogP contribution < -0.4 is 5.32 Å². The van der Waals surface area contributed by atoms with Crippen LogP contribution in [0.25, 0.3) is 0 Å². The molecular weight excluding hydrogens is 246 g/mol. The molecule has 0 saturated carbocycles. The standard InChI is InChI=1S/C11H15NS2.ClH/c1-13-10-4-3-8-5-6-12-7-9(8)11(10)14-2;/h3-4,12H,5-7H2,1-2H3;1H. The molecule has 0 atom stereocenters. The van der Waals surface area contributed by atoms with E-state index in [0.29, 0.717) is 0 Å². The van der Waals surface area contributed by atoms with Gasteiger partial charge in [-0.05, 0) is 42.7 Å². The van der Waals surface area contributed by atoms with E-state index in [-0.39, 0.29) is 12.4 Å². The number of hydrogen-bond donors (Lipinski definition) is 1. The molecule has 0 radical (unpaired) electrons. The van der Waals surface area contributed by atoms with Gasteiger partial charge in [0.2, 0.25) is 0 Å². The smallest absolute Gasteiger partial charge is 0.0253 e. The summed E-state index contributed by atoms with van der Waals surface area (Å²) in [6.45, 7) is 2.17. The van der Waals surface area contributed by atoms with E-state index in [1.54, 1.807) is 0 Å². The van der Waals surface area contributed by atoms with Gasteiger partial charge in [0.1, 0.15) is 0 Å². The van der Waals surface area contributed by atoms with Gasteiger partial charge >= 0.3 is 0 Å². The van der Waals surface area contributed by atoms with Crippen LogP contribution in [0.1, 0.15) is 11.1 Å². The molecule has 15 heavy (non-hydrogen) atoms. The Balaban J connectivity index is 0.00000112. The van der Waals surface area contributed by atoms with Crippen molar-refractivity contribution >= 4 is 35.9 Å². The summed E-state index contributed by atoms with van der Waals surface area (Å²) < 4.78 is 0. The van der Waals surface area contributed by atoms with Crippen LogP contribution in [0.3, 0.4) is 0 Å². The molecule has 1 aromatic rings. The topological polar surface area (TPSA) is 12.0 Å². The van der Waals surface area contributed by atoms with Gasteiger partial charge in [-0.3, -0.25) is 0 Å². The maximum atomic E-state index is 3.44. The largest absolute Gasteiger partial charge is 0.312 e. The second kappa shape index (κ2) is 6.04. The Bertz CT molecular complexity index is 327. The molecule has 0 bridgehead atoms. The van der Waals surface area contributed by atoms with E-state index in [1.807, 2.05) is 23.5 Å². The van der Waals surface area contributed by atoms with E-state index in [1.165, 1.54) is 27.3 Å². The number of fused-ring (bicyclic) bond motifs is 1. The molecule has 0 unspecified atom stereocenters. The molecule has 4 heteroatoms. The minimum atomic E-state index is 0. The van der Waals surface area contributed by atoms with Crippen molar-refractivity contribution in [1.29, 1.82) is 0 Å². The van der Waals surface area contributed by atoms with Crippen molar-refractivity contribution in [1.82, 2.24) is 5.32 Å². The quantitative estimate of drug-likeness (QED) is 0.822. The van der Waals surface area contributed by atoms with Crippen LogP contribution >= 0.6 is 35.9 Å². The highest BCUT2D eigenvalue weighted by atomic mass is 35.5. The van der Waals surface area contributed by atoms with E-state index < -0.39 is 0 Å². The second-order valence-corrected chi connectivity index (χ2v) is 5.03. The summed E-state index contributed by atoms with van der Waals surface area (Å²) in [5.74, 6) is 0. The van der Waals surface area contributed by atoms with E-state index in [0.717, 1.165) is 13.1 Å². The molecule has 1 heterocycles. The van der Waals surface area contributed by atoms with Gasteiger partial charge in [0.15, 0.2) is 0 Å². The van der Waals surface area contributed by atoms with Crippen molar-refractivity contribution in [3.8, 4) is 0 Å². The molecule has 0 amide bonds. The number of rotatable bonds is 2. The Hall–Kier alpha value is 0.170. The van der Waals surface area contributed by atoms with Crippen LogP contribution in [0.5, 0.6) is 0 Å². The maximum absolute atomic E-state index is 3.44. The number of halogens is 1. The molecule has 1 N–H and O–H groups in total. The first-order valence-corrected chi connectivity index (χ1v) is 7.25. The van der Waals surface area contributed by atoms with Crippen LogP contribution in [0, 0.1) is 0 Å². The Morgan fingerprint density at radius 1 is 1.20 bits per heavy atom. The van der Waals surface area contributed by atoms with Gasteiger partial charge in [-0.1, -0.05) is 6.07 Å². The van der Waals surface area contributed by atoms with E-state index >= 15 is 0 Å². The molecular formula is C11H16ClNS2. The van der Waals surface area contributed by atoms with Crippen LogP contribution in [-0.4, -0.2) is 19.1 Å². The Morgan fingerprint density at radius 2 is 2.00 bits per heavy atom. The van der Waals surface area contributed by atoms with Gasteiger partial charge < -0.3 is 5.32 Å². The van der Waals surface area contributed by atoms with Crippen LogP contribution in [0.4, 0.5) is 0 Å². The zero-order valence-electron chi connectivity index (χ0n) is 9.00. The number of hydrogen-bond acceptors (Lipinski definition) is 3. The molecule has 1 nitrogen and oxygen atoms in total. The Kier molecular flexibility index (Phi) is 5.33. The predicted octanol–water partition coefficient (Wildman–Crippen LogP) is 3.20. The third-order valence-electron chi connectivity index (χ3n) is 2.62. The van der Waals surface area contributed by atoms with Gasteiger partial charge in [0.05, 0.1) is 0 Å². The summed E-state index contributed by atoms with van der Waals surface area (Å²) >= 11 is 3.72. The highest BCUT2D eigenvalue weighted by molar-refractivity contribution is 8.01. The third kappa shape index (κ3) is 2.64. The first-order valence-electron chi connectivity index (χ1n) is 4.80. The summed E-state index contributed by atoms with van der Waals surface area (Å²) in [4.78, 5) is 2.89. The lowest BCUT2D eigenvalue weighted by molar-refractivity contribution is 0.631. The van der Waals surface area contributed by atoms with Crippen LogP contribution in [0.2, 0.25) is 0 Å². The molecule has 1 aromatic carbocycles. The lowest BCUT2D eigenvalue weighted by Gasteiger charge is -2.21. The number of benzene rings is 1. The summed E-state index contributed by atoms with van der Waals surface area (Å²) in [6.07, 6.45) is 5.50. The van der Waals surface area contributed by atoms with Crippen molar-refractivity contribution in [2.24, 2.45) is 0 Å². The predicted molar refractivity (Wildman–Crippen MR) is 72.7 cm³/mol. The number of nitrogens with one attached hydrogen (secondary N) is 1. The van der Waals surface area contributed by atoms with Crippen molar-refractivity contribution < 1.29 is 0 Å². The van der Waals surface area contributed by atoms with Crippen molar-refractivity contribution in [3.05, 3.63) is 23.3 Å². The second-order valence-electron chi connectivity index (χ2n) is 3.37. The molecule has 0 fully saturated rings. The van der Waals surface area contributed by atoms with Crippen molar-refractivity contribution in [2.45, 2.75) is 22.8 Å². The minimum Gasteiger partial charge on any atom is -0.312 e. The van der Waals surface area contributed by atoms with Crippen LogP contribution in [-0.2, 0) is 13.0 Å². The van der Waals surface area contributed by atoms with E-state index in [2.05, 4.69) is 30.0 Å². The van der Waals surface area contributed by atoms with Crippen molar-refractivity contribution in [2.75, 3.05) is 19.1 Å². The van der Waals surface area contributed by atoms with Gasteiger partial charge in [0, 0.05) is 16.3 Å². The van der Waals surface area contributed by atoms with Gasteiger partial charge in [-0.2, -0.15) is 0 Å². The molecule has 0 spiro atoms. The molecule has 0 aromatic heterocycles. The minimum absolute atomic E-state index is 0. The van der Waals surface area contributed by atoms with E-state index in [9.17, 15) is 0 Å². The summed E-state index contributed by atoms with van der Waals surface area (Å²) in [5.41, 5.74) is 3.06.